The van der Waals surface area contributed by atoms with Gasteiger partial charge in [0, 0.05) is 10.7 Å². The predicted molar refractivity (Wildman–Crippen MR) is 85.5 cm³/mol. The Morgan fingerprint density at radius 3 is 3.16 bits per heavy atom. The van der Waals surface area contributed by atoms with Gasteiger partial charge >= 0.3 is 0 Å². The van der Waals surface area contributed by atoms with Gasteiger partial charge in [0.05, 0.1) is 0 Å². The van der Waals surface area contributed by atoms with Crippen LogP contribution in [0.3, 0.4) is 0 Å². The third kappa shape index (κ3) is 3.68. The standard InChI is InChI=1S/C15H21ClN2S/c1-10(18-15(17)19-2)9-12-7-3-5-11-6-4-8-13(16)14(11)12/h4,6,8,12,15,18H,1,3,5,7,9,17H2,2H3. The summed E-state index contributed by atoms with van der Waals surface area (Å²) in [5, 5.41) is 4.12. The van der Waals surface area contributed by atoms with E-state index in [4.69, 9.17) is 17.3 Å². The van der Waals surface area contributed by atoms with Crippen molar-refractivity contribution in [2.45, 2.75) is 37.1 Å². The van der Waals surface area contributed by atoms with Crippen LogP contribution in [0, 0.1) is 0 Å². The topological polar surface area (TPSA) is 38.0 Å². The van der Waals surface area contributed by atoms with Crippen molar-refractivity contribution in [3.8, 4) is 0 Å². The largest absolute Gasteiger partial charge is 0.365 e. The maximum Gasteiger partial charge on any atom is 0.122 e. The third-order valence-corrected chi connectivity index (χ3v) is 4.60. The van der Waals surface area contributed by atoms with Crippen molar-refractivity contribution in [3.63, 3.8) is 0 Å². The molecule has 0 heterocycles. The first-order chi connectivity index (χ1) is 9.11. The molecule has 19 heavy (non-hydrogen) atoms. The summed E-state index contributed by atoms with van der Waals surface area (Å²) in [4.78, 5) is 0. The zero-order chi connectivity index (χ0) is 13.8. The van der Waals surface area contributed by atoms with Gasteiger partial charge in [0.15, 0.2) is 0 Å². The maximum atomic E-state index is 6.37. The number of rotatable bonds is 5. The van der Waals surface area contributed by atoms with E-state index < -0.39 is 0 Å². The number of allylic oxidation sites excluding steroid dienone is 1. The van der Waals surface area contributed by atoms with Crippen molar-refractivity contribution in [2.75, 3.05) is 6.26 Å². The fourth-order valence-electron chi connectivity index (χ4n) is 2.76. The van der Waals surface area contributed by atoms with E-state index in [0.717, 1.165) is 23.6 Å². The fourth-order valence-corrected chi connectivity index (χ4v) is 3.39. The molecule has 0 bridgehead atoms. The van der Waals surface area contributed by atoms with Crippen LogP contribution in [-0.2, 0) is 6.42 Å². The lowest BCUT2D eigenvalue weighted by Crippen LogP contribution is -2.33. The van der Waals surface area contributed by atoms with E-state index in [2.05, 4.69) is 18.0 Å². The Balaban J connectivity index is 2.09. The molecule has 1 aromatic rings. The molecule has 0 amide bonds. The van der Waals surface area contributed by atoms with Gasteiger partial charge in [-0.05, 0) is 55.1 Å². The molecule has 0 aromatic heterocycles. The van der Waals surface area contributed by atoms with Gasteiger partial charge in [-0.3, -0.25) is 0 Å². The van der Waals surface area contributed by atoms with E-state index in [-0.39, 0.29) is 5.50 Å². The summed E-state index contributed by atoms with van der Waals surface area (Å²) < 4.78 is 0. The van der Waals surface area contributed by atoms with Crippen molar-refractivity contribution in [3.05, 3.63) is 46.6 Å². The minimum Gasteiger partial charge on any atom is -0.365 e. The minimum atomic E-state index is -0.0817. The average molecular weight is 297 g/mol. The van der Waals surface area contributed by atoms with Gasteiger partial charge in [0.1, 0.15) is 5.50 Å². The molecule has 3 N–H and O–H groups in total. The van der Waals surface area contributed by atoms with Crippen LogP contribution in [-0.4, -0.2) is 11.8 Å². The third-order valence-electron chi connectivity index (χ3n) is 3.64. The first kappa shape index (κ1) is 14.8. The molecular weight excluding hydrogens is 276 g/mol. The Morgan fingerprint density at radius 2 is 2.42 bits per heavy atom. The molecule has 1 aliphatic carbocycles. The molecule has 1 aliphatic rings. The van der Waals surface area contributed by atoms with Gasteiger partial charge in [-0.2, -0.15) is 0 Å². The second kappa shape index (κ2) is 6.69. The van der Waals surface area contributed by atoms with Crippen molar-refractivity contribution in [1.82, 2.24) is 5.32 Å². The highest BCUT2D eigenvalue weighted by Crippen LogP contribution is 2.39. The van der Waals surface area contributed by atoms with Crippen molar-refractivity contribution in [2.24, 2.45) is 5.73 Å². The van der Waals surface area contributed by atoms with Crippen molar-refractivity contribution >= 4 is 23.4 Å². The van der Waals surface area contributed by atoms with Gasteiger partial charge in [-0.1, -0.05) is 30.3 Å². The number of hydrogen-bond donors (Lipinski definition) is 2. The summed E-state index contributed by atoms with van der Waals surface area (Å²) in [6.45, 7) is 4.09. The number of aryl methyl sites for hydroxylation is 1. The Labute approximate surface area is 124 Å². The van der Waals surface area contributed by atoms with Crippen LogP contribution in [0.15, 0.2) is 30.5 Å². The first-order valence-corrected chi connectivity index (χ1v) is 8.28. The fraction of sp³-hybridized carbons (Fsp3) is 0.467. The van der Waals surface area contributed by atoms with E-state index in [1.165, 1.54) is 24.0 Å². The molecule has 2 atom stereocenters. The first-order valence-electron chi connectivity index (χ1n) is 6.61. The van der Waals surface area contributed by atoms with Crippen molar-refractivity contribution < 1.29 is 0 Å². The maximum absolute atomic E-state index is 6.37. The summed E-state index contributed by atoms with van der Waals surface area (Å²) in [5.74, 6) is 0.464. The Hall–Kier alpha value is -0.640. The average Bonchev–Trinajstić information content (AvgIpc) is 2.38. The lowest BCUT2D eigenvalue weighted by molar-refractivity contribution is 0.532. The Bertz CT molecular complexity index is 461. The normalized spacial score (nSPS) is 19.6. The molecule has 1 aromatic carbocycles. The van der Waals surface area contributed by atoms with Crippen LogP contribution < -0.4 is 11.1 Å². The molecule has 2 rings (SSSR count). The van der Waals surface area contributed by atoms with E-state index in [1.54, 1.807) is 11.8 Å². The van der Waals surface area contributed by atoms with E-state index in [0.29, 0.717) is 5.92 Å². The number of nitrogens with one attached hydrogen (secondary N) is 1. The number of thioether (sulfide) groups is 1. The Kier molecular flexibility index (Phi) is 5.20. The van der Waals surface area contributed by atoms with Crippen LogP contribution in [0.25, 0.3) is 0 Å². The quantitative estimate of drug-likeness (QED) is 0.810. The van der Waals surface area contributed by atoms with Gasteiger partial charge < -0.3 is 11.1 Å². The monoisotopic (exact) mass is 296 g/mol. The molecule has 0 radical (unpaired) electrons. The smallest absolute Gasteiger partial charge is 0.122 e. The molecule has 2 nitrogen and oxygen atoms in total. The van der Waals surface area contributed by atoms with E-state index in [1.807, 2.05) is 18.4 Å². The van der Waals surface area contributed by atoms with Crippen molar-refractivity contribution in [1.29, 1.82) is 0 Å². The highest BCUT2D eigenvalue weighted by molar-refractivity contribution is 7.99. The van der Waals surface area contributed by atoms with Gasteiger partial charge in [-0.15, -0.1) is 11.8 Å². The lowest BCUT2D eigenvalue weighted by atomic mass is 9.80. The van der Waals surface area contributed by atoms with Crippen LogP contribution in [0.1, 0.15) is 36.3 Å². The van der Waals surface area contributed by atoms with Crippen LogP contribution in [0.5, 0.6) is 0 Å². The number of halogens is 1. The zero-order valence-corrected chi connectivity index (χ0v) is 12.9. The SMILES string of the molecule is C=C(CC1CCCc2cccc(Cl)c21)NC(N)SC. The van der Waals surface area contributed by atoms with Gasteiger partial charge in [0.25, 0.3) is 0 Å². The van der Waals surface area contributed by atoms with Crippen LogP contribution >= 0.6 is 23.4 Å². The number of nitrogens with two attached hydrogens (primary N) is 1. The summed E-state index contributed by atoms with van der Waals surface area (Å²) in [7, 11) is 0. The summed E-state index contributed by atoms with van der Waals surface area (Å²) >= 11 is 7.96. The molecule has 0 aliphatic heterocycles. The molecule has 4 heteroatoms. The Morgan fingerprint density at radius 1 is 1.63 bits per heavy atom. The highest BCUT2D eigenvalue weighted by atomic mass is 35.5. The summed E-state index contributed by atoms with van der Waals surface area (Å²) in [6, 6.07) is 6.22. The minimum absolute atomic E-state index is 0.0817. The van der Waals surface area contributed by atoms with Gasteiger partial charge in [0.2, 0.25) is 0 Å². The van der Waals surface area contributed by atoms with Gasteiger partial charge in [-0.25, -0.2) is 0 Å². The number of fused-ring (bicyclic) bond motifs is 1. The molecule has 0 fully saturated rings. The molecular formula is C15H21ClN2S. The van der Waals surface area contributed by atoms with E-state index in [9.17, 15) is 0 Å². The second-order valence-corrected chi connectivity index (χ2v) is 6.40. The molecule has 2 unspecified atom stereocenters. The second-order valence-electron chi connectivity index (χ2n) is 5.01. The number of benzene rings is 1. The van der Waals surface area contributed by atoms with Crippen LogP contribution in [0.4, 0.5) is 0 Å². The van der Waals surface area contributed by atoms with E-state index >= 15 is 0 Å². The molecule has 0 spiro atoms. The highest BCUT2D eigenvalue weighted by Gasteiger charge is 2.23. The molecule has 0 saturated carbocycles. The molecule has 104 valence electrons. The van der Waals surface area contributed by atoms with Crippen LogP contribution in [0.2, 0.25) is 5.02 Å². The summed E-state index contributed by atoms with van der Waals surface area (Å²) in [6.07, 6.45) is 6.42. The molecule has 0 saturated heterocycles. The summed E-state index contributed by atoms with van der Waals surface area (Å²) in [5.41, 5.74) is 9.50. The predicted octanol–water partition coefficient (Wildman–Crippen LogP) is 3.86. The lowest BCUT2D eigenvalue weighted by Gasteiger charge is -2.28. The number of hydrogen-bond acceptors (Lipinski definition) is 3. The zero-order valence-electron chi connectivity index (χ0n) is 11.3.